The fourth-order valence-corrected chi connectivity index (χ4v) is 2.21. The highest BCUT2D eigenvalue weighted by Gasteiger charge is 2.20. The van der Waals surface area contributed by atoms with E-state index in [4.69, 9.17) is 11.6 Å². The number of β-amino-alcohol motifs (C(OH)–C–C–N with tert-alkyl or cyclic N) is 1. The Balaban J connectivity index is 2.07. The highest BCUT2D eigenvalue weighted by atomic mass is 35.5. The highest BCUT2D eigenvalue weighted by Crippen LogP contribution is 2.21. The lowest BCUT2D eigenvalue weighted by molar-refractivity contribution is 0.174. The van der Waals surface area contributed by atoms with Gasteiger partial charge in [-0.05, 0) is 30.5 Å². The van der Waals surface area contributed by atoms with E-state index < -0.39 is 0 Å². The molecule has 1 heterocycles. The molecule has 1 aromatic rings. The van der Waals surface area contributed by atoms with Gasteiger partial charge in [-0.3, -0.25) is 4.90 Å². The first-order valence-corrected chi connectivity index (χ1v) is 5.69. The monoisotopic (exact) mass is 225 g/mol. The summed E-state index contributed by atoms with van der Waals surface area (Å²) in [6, 6.07) is 6.00. The normalized spacial score (nSPS) is 22.2. The van der Waals surface area contributed by atoms with Crippen LogP contribution in [0, 0.1) is 6.92 Å². The van der Waals surface area contributed by atoms with Gasteiger partial charge < -0.3 is 5.11 Å². The van der Waals surface area contributed by atoms with Crippen LogP contribution in [0.2, 0.25) is 5.02 Å². The smallest absolute Gasteiger partial charge is 0.0679 e. The maximum Gasteiger partial charge on any atom is 0.0679 e. The number of hydrogen-bond donors (Lipinski definition) is 1. The lowest BCUT2D eigenvalue weighted by Gasteiger charge is -2.16. The molecule has 0 saturated carbocycles. The maximum absolute atomic E-state index is 9.43. The molecule has 2 nitrogen and oxygen atoms in total. The molecule has 1 saturated heterocycles. The molecular formula is C12H16ClNO. The summed E-state index contributed by atoms with van der Waals surface area (Å²) >= 11 is 6.06. The molecule has 1 aliphatic heterocycles. The van der Waals surface area contributed by atoms with E-state index >= 15 is 0 Å². The van der Waals surface area contributed by atoms with Crippen molar-refractivity contribution in [3.8, 4) is 0 Å². The Morgan fingerprint density at radius 3 is 3.00 bits per heavy atom. The Morgan fingerprint density at radius 1 is 1.53 bits per heavy atom. The molecule has 0 aromatic heterocycles. The van der Waals surface area contributed by atoms with Crippen molar-refractivity contribution in [2.24, 2.45) is 0 Å². The largest absolute Gasteiger partial charge is 0.392 e. The van der Waals surface area contributed by atoms with Gasteiger partial charge in [0.25, 0.3) is 0 Å². The lowest BCUT2D eigenvalue weighted by atomic mass is 10.1. The van der Waals surface area contributed by atoms with Crippen molar-refractivity contribution >= 4 is 11.6 Å². The first-order chi connectivity index (χ1) is 7.16. The van der Waals surface area contributed by atoms with E-state index in [-0.39, 0.29) is 6.10 Å². The van der Waals surface area contributed by atoms with Crippen LogP contribution in [-0.2, 0) is 6.54 Å². The third-order valence-corrected chi connectivity index (χ3v) is 3.43. The van der Waals surface area contributed by atoms with Gasteiger partial charge in [0, 0.05) is 24.7 Å². The topological polar surface area (TPSA) is 23.5 Å². The van der Waals surface area contributed by atoms with Gasteiger partial charge in [-0.2, -0.15) is 0 Å². The second kappa shape index (κ2) is 4.52. The Hall–Kier alpha value is -0.570. The van der Waals surface area contributed by atoms with Crippen LogP contribution in [0.1, 0.15) is 17.5 Å². The van der Waals surface area contributed by atoms with Gasteiger partial charge in [0.15, 0.2) is 0 Å². The van der Waals surface area contributed by atoms with Crippen LogP contribution in [-0.4, -0.2) is 29.2 Å². The molecule has 0 spiro atoms. The molecule has 0 bridgehead atoms. The van der Waals surface area contributed by atoms with Gasteiger partial charge in [0.2, 0.25) is 0 Å². The minimum absolute atomic E-state index is 0.149. The number of aliphatic hydroxyl groups is 1. The maximum atomic E-state index is 9.43. The van der Waals surface area contributed by atoms with E-state index in [0.29, 0.717) is 0 Å². The van der Waals surface area contributed by atoms with Gasteiger partial charge in [0.05, 0.1) is 6.10 Å². The predicted octanol–water partition coefficient (Wildman–Crippen LogP) is 2.22. The third-order valence-electron chi connectivity index (χ3n) is 3.02. The summed E-state index contributed by atoms with van der Waals surface area (Å²) in [4.78, 5) is 2.27. The molecule has 0 unspecified atom stereocenters. The predicted molar refractivity (Wildman–Crippen MR) is 62.1 cm³/mol. The van der Waals surface area contributed by atoms with Crippen molar-refractivity contribution in [3.05, 3.63) is 34.3 Å². The molecule has 2 rings (SSSR count). The second-order valence-corrected chi connectivity index (χ2v) is 4.61. The summed E-state index contributed by atoms with van der Waals surface area (Å²) in [5.41, 5.74) is 2.41. The SMILES string of the molecule is Cc1c(Cl)cccc1CN1CC[C@H](O)C1. The van der Waals surface area contributed by atoms with Gasteiger partial charge in [-0.1, -0.05) is 23.7 Å². The molecule has 1 N–H and O–H groups in total. The highest BCUT2D eigenvalue weighted by molar-refractivity contribution is 6.31. The van der Waals surface area contributed by atoms with E-state index in [1.807, 2.05) is 19.1 Å². The Morgan fingerprint density at radius 2 is 2.33 bits per heavy atom. The van der Waals surface area contributed by atoms with Crippen molar-refractivity contribution in [2.45, 2.75) is 26.0 Å². The van der Waals surface area contributed by atoms with Crippen molar-refractivity contribution in [3.63, 3.8) is 0 Å². The molecule has 3 heteroatoms. The van der Waals surface area contributed by atoms with Crippen molar-refractivity contribution in [2.75, 3.05) is 13.1 Å². The minimum Gasteiger partial charge on any atom is -0.392 e. The Labute approximate surface area is 95.5 Å². The molecule has 1 fully saturated rings. The number of benzene rings is 1. The summed E-state index contributed by atoms with van der Waals surface area (Å²) in [5.74, 6) is 0. The fourth-order valence-electron chi connectivity index (χ4n) is 2.02. The summed E-state index contributed by atoms with van der Waals surface area (Å²) in [6.45, 7) is 4.70. The fraction of sp³-hybridized carbons (Fsp3) is 0.500. The number of aliphatic hydroxyl groups excluding tert-OH is 1. The Kier molecular flexibility index (Phi) is 3.29. The van der Waals surface area contributed by atoms with Gasteiger partial charge in [-0.25, -0.2) is 0 Å². The molecular weight excluding hydrogens is 210 g/mol. The third kappa shape index (κ3) is 2.51. The van der Waals surface area contributed by atoms with Gasteiger partial charge in [-0.15, -0.1) is 0 Å². The summed E-state index contributed by atoms with van der Waals surface area (Å²) < 4.78 is 0. The zero-order valence-electron chi connectivity index (χ0n) is 8.91. The lowest BCUT2D eigenvalue weighted by Crippen LogP contribution is -2.21. The number of likely N-dealkylation sites (tertiary alicyclic amines) is 1. The average Bonchev–Trinajstić information content (AvgIpc) is 2.59. The van der Waals surface area contributed by atoms with Crippen molar-refractivity contribution in [1.29, 1.82) is 0 Å². The molecule has 0 amide bonds. The molecule has 1 atom stereocenters. The molecule has 15 heavy (non-hydrogen) atoms. The summed E-state index contributed by atoms with van der Waals surface area (Å²) in [6.07, 6.45) is 0.740. The van der Waals surface area contributed by atoms with Gasteiger partial charge in [0.1, 0.15) is 0 Å². The van der Waals surface area contributed by atoms with Crippen LogP contribution >= 0.6 is 11.6 Å². The van der Waals surface area contributed by atoms with Crippen LogP contribution in [0.3, 0.4) is 0 Å². The average molecular weight is 226 g/mol. The summed E-state index contributed by atoms with van der Waals surface area (Å²) in [7, 11) is 0. The number of hydrogen-bond acceptors (Lipinski definition) is 2. The molecule has 82 valence electrons. The van der Waals surface area contributed by atoms with Crippen molar-refractivity contribution in [1.82, 2.24) is 4.90 Å². The van der Waals surface area contributed by atoms with Crippen LogP contribution in [0.15, 0.2) is 18.2 Å². The van der Waals surface area contributed by atoms with E-state index in [1.165, 1.54) is 5.56 Å². The van der Waals surface area contributed by atoms with Crippen LogP contribution in [0.4, 0.5) is 0 Å². The minimum atomic E-state index is -0.149. The van der Waals surface area contributed by atoms with E-state index in [0.717, 1.165) is 36.6 Å². The number of rotatable bonds is 2. The standard InChI is InChI=1S/C12H16ClNO/c1-9-10(3-2-4-12(9)13)7-14-6-5-11(15)8-14/h2-4,11,15H,5-8H2,1H3/t11-/m0/s1. The molecule has 0 radical (unpaired) electrons. The van der Waals surface area contributed by atoms with Crippen LogP contribution < -0.4 is 0 Å². The zero-order valence-corrected chi connectivity index (χ0v) is 9.67. The second-order valence-electron chi connectivity index (χ2n) is 4.20. The number of halogens is 1. The molecule has 0 aliphatic carbocycles. The molecule has 1 aromatic carbocycles. The van der Waals surface area contributed by atoms with Crippen LogP contribution in [0.5, 0.6) is 0 Å². The summed E-state index contributed by atoms with van der Waals surface area (Å²) in [5, 5.41) is 10.3. The Bertz CT molecular complexity index is 353. The number of nitrogens with zero attached hydrogens (tertiary/aromatic N) is 1. The van der Waals surface area contributed by atoms with Gasteiger partial charge >= 0.3 is 0 Å². The van der Waals surface area contributed by atoms with Crippen LogP contribution in [0.25, 0.3) is 0 Å². The van der Waals surface area contributed by atoms with Crippen molar-refractivity contribution < 1.29 is 5.11 Å². The first-order valence-electron chi connectivity index (χ1n) is 5.31. The van der Waals surface area contributed by atoms with E-state index in [2.05, 4.69) is 11.0 Å². The zero-order chi connectivity index (χ0) is 10.8. The van der Waals surface area contributed by atoms with E-state index in [9.17, 15) is 5.11 Å². The first kappa shape index (κ1) is 10.9. The van der Waals surface area contributed by atoms with E-state index in [1.54, 1.807) is 0 Å². The molecule has 1 aliphatic rings. The quantitative estimate of drug-likeness (QED) is 0.835.